The van der Waals surface area contributed by atoms with E-state index in [0.717, 1.165) is 4.57 Å². The molecule has 0 spiro atoms. The van der Waals surface area contributed by atoms with Crippen LogP contribution in [0.3, 0.4) is 0 Å². The number of aryl methyl sites for hydroxylation is 2. The minimum absolute atomic E-state index is 0.0934. The number of benzene rings is 1. The summed E-state index contributed by atoms with van der Waals surface area (Å²) in [5.41, 5.74) is -0.396. The third kappa shape index (κ3) is 3.61. The number of nitrogens with zero attached hydrogens (tertiary/aromatic N) is 3. The number of amides is 1. The van der Waals surface area contributed by atoms with Crippen LogP contribution in [0, 0.1) is 19.7 Å². The van der Waals surface area contributed by atoms with Crippen molar-refractivity contribution < 1.29 is 23.2 Å². The Morgan fingerprint density at radius 2 is 2.07 bits per heavy atom. The van der Waals surface area contributed by atoms with Gasteiger partial charge in [-0.3, -0.25) is 14.2 Å². The van der Waals surface area contributed by atoms with Crippen LogP contribution in [0.15, 0.2) is 27.5 Å². The van der Waals surface area contributed by atoms with Crippen molar-refractivity contribution in [3.05, 3.63) is 51.5 Å². The van der Waals surface area contributed by atoms with Crippen LogP contribution >= 0.6 is 0 Å². The highest BCUT2D eigenvalue weighted by molar-refractivity contribution is 6.00. The molecule has 28 heavy (non-hydrogen) atoms. The molecule has 1 N–H and O–H groups in total. The van der Waals surface area contributed by atoms with Crippen molar-refractivity contribution in [3.8, 4) is 0 Å². The van der Waals surface area contributed by atoms with Crippen molar-refractivity contribution in [1.82, 2.24) is 14.7 Å². The number of fused-ring (bicyclic) bond motifs is 1. The minimum Gasteiger partial charge on any atom is -0.461 e. The maximum absolute atomic E-state index is 13.6. The molecule has 3 rings (SSSR count). The molecule has 0 unspecified atom stereocenters. The first-order valence-corrected chi connectivity index (χ1v) is 8.41. The van der Waals surface area contributed by atoms with Crippen LogP contribution in [0.5, 0.6) is 0 Å². The summed E-state index contributed by atoms with van der Waals surface area (Å²) in [5.74, 6) is -1.66. The van der Waals surface area contributed by atoms with Gasteiger partial charge in [-0.15, -0.1) is 0 Å². The lowest BCUT2D eigenvalue weighted by Crippen LogP contribution is -2.30. The van der Waals surface area contributed by atoms with E-state index in [1.807, 2.05) is 0 Å². The lowest BCUT2D eigenvalue weighted by molar-refractivity contribution is -0.116. The van der Waals surface area contributed by atoms with Crippen molar-refractivity contribution in [2.45, 2.75) is 27.3 Å². The van der Waals surface area contributed by atoms with Gasteiger partial charge in [0, 0.05) is 5.69 Å². The van der Waals surface area contributed by atoms with E-state index in [4.69, 9.17) is 9.26 Å². The van der Waals surface area contributed by atoms with E-state index in [2.05, 4.69) is 15.5 Å². The van der Waals surface area contributed by atoms with Gasteiger partial charge < -0.3 is 14.6 Å². The number of aromatic nitrogens is 3. The first-order valence-electron chi connectivity index (χ1n) is 8.41. The van der Waals surface area contributed by atoms with Gasteiger partial charge in [0.1, 0.15) is 23.6 Å². The summed E-state index contributed by atoms with van der Waals surface area (Å²) in [7, 11) is 0. The molecule has 0 aliphatic rings. The molecule has 0 aliphatic heterocycles. The summed E-state index contributed by atoms with van der Waals surface area (Å²) in [6.07, 6.45) is 0. The van der Waals surface area contributed by atoms with Crippen molar-refractivity contribution >= 4 is 28.7 Å². The Balaban J connectivity index is 1.92. The lowest BCUT2D eigenvalue weighted by atomic mass is 10.2. The second-order valence-corrected chi connectivity index (χ2v) is 5.99. The number of nitrogens with one attached hydrogen (secondary N) is 1. The molecular weight excluding hydrogens is 371 g/mol. The number of carbonyl (C=O) groups excluding carboxylic acids is 2. The molecule has 1 amide bonds. The predicted molar refractivity (Wildman–Crippen MR) is 96.5 cm³/mol. The van der Waals surface area contributed by atoms with Crippen LogP contribution in [0.2, 0.25) is 0 Å². The van der Waals surface area contributed by atoms with Crippen molar-refractivity contribution in [1.29, 1.82) is 0 Å². The normalized spacial score (nSPS) is 10.9. The molecule has 3 aromatic rings. The number of rotatable bonds is 5. The molecule has 2 heterocycles. The molecule has 0 atom stereocenters. The van der Waals surface area contributed by atoms with Crippen LogP contribution < -0.4 is 10.9 Å². The van der Waals surface area contributed by atoms with Gasteiger partial charge in [0.2, 0.25) is 11.6 Å². The molecule has 146 valence electrons. The van der Waals surface area contributed by atoms with E-state index in [9.17, 15) is 18.8 Å². The zero-order chi connectivity index (χ0) is 20.4. The van der Waals surface area contributed by atoms with E-state index >= 15 is 0 Å². The topological polar surface area (TPSA) is 116 Å². The van der Waals surface area contributed by atoms with E-state index in [-0.39, 0.29) is 34.9 Å². The zero-order valence-electron chi connectivity index (χ0n) is 15.4. The Kier molecular flexibility index (Phi) is 5.21. The molecule has 0 radical (unpaired) electrons. The number of ether oxygens (including phenoxy) is 1. The predicted octanol–water partition coefficient (Wildman–Crippen LogP) is 1.96. The molecule has 10 heteroatoms. The monoisotopic (exact) mass is 388 g/mol. The number of hydrogen-bond donors (Lipinski definition) is 1. The molecule has 0 saturated carbocycles. The van der Waals surface area contributed by atoms with Gasteiger partial charge in [-0.05, 0) is 38.5 Å². The van der Waals surface area contributed by atoms with Crippen LogP contribution in [-0.2, 0) is 16.1 Å². The standard InChI is InChI=1S/C18H17FN4O5/c1-4-27-18(26)15-14-16(28-22-15)20-10(3)23(17(14)25)8-13(24)21-11-6-5-9(2)12(19)7-11/h5-7H,4,8H2,1-3H3,(H,21,24). The molecular formula is C18H17FN4O5. The van der Waals surface area contributed by atoms with Crippen molar-refractivity contribution in [2.75, 3.05) is 11.9 Å². The minimum atomic E-state index is -0.824. The smallest absolute Gasteiger partial charge is 0.361 e. The molecule has 2 aromatic heterocycles. The molecule has 0 fully saturated rings. The molecule has 9 nitrogen and oxygen atoms in total. The third-order valence-corrected chi connectivity index (χ3v) is 4.01. The highest BCUT2D eigenvalue weighted by Crippen LogP contribution is 2.15. The lowest BCUT2D eigenvalue weighted by Gasteiger charge is -2.10. The molecule has 0 bridgehead atoms. The number of anilines is 1. The molecule has 1 aromatic carbocycles. The van der Waals surface area contributed by atoms with Gasteiger partial charge in [-0.1, -0.05) is 11.2 Å². The van der Waals surface area contributed by atoms with Gasteiger partial charge >= 0.3 is 5.97 Å². The maximum Gasteiger partial charge on any atom is 0.361 e. The second-order valence-electron chi connectivity index (χ2n) is 5.99. The summed E-state index contributed by atoms with van der Waals surface area (Å²) in [5, 5.41) is 5.90. The SMILES string of the molecule is CCOC(=O)c1noc2nc(C)n(CC(=O)Nc3ccc(C)c(F)c3)c(=O)c12. The Morgan fingerprint density at radius 3 is 2.75 bits per heavy atom. The summed E-state index contributed by atoms with van der Waals surface area (Å²) < 4.78 is 24.5. The summed E-state index contributed by atoms with van der Waals surface area (Å²) in [6.45, 7) is 4.42. The Labute approximate surface area is 158 Å². The highest BCUT2D eigenvalue weighted by atomic mass is 19.1. The summed E-state index contributed by atoms with van der Waals surface area (Å²) in [4.78, 5) is 41.2. The van der Waals surface area contributed by atoms with E-state index in [1.54, 1.807) is 19.9 Å². The van der Waals surface area contributed by atoms with Gasteiger partial charge in [-0.25, -0.2) is 9.18 Å². The first kappa shape index (κ1) is 19.2. The Morgan fingerprint density at radius 1 is 1.32 bits per heavy atom. The van der Waals surface area contributed by atoms with Crippen molar-refractivity contribution in [2.24, 2.45) is 0 Å². The largest absolute Gasteiger partial charge is 0.461 e. The number of esters is 1. The second kappa shape index (κ2) is 7.59. The van der Waals surface area contributed by atoms with Crippen LogP contribution in [0.1, 0.15) is 28.8 Å². The van der Waals surface area contributed by atoms with E-state index in [1.165, 1.54) is 19.1 Å². The van der Waals surface area contributed by atoms with Gasteiger partial charge in [-0.2, -0.15) is 4.98 Å². The van der Waals surface area contributed by atoms with Crippen LogP contribution in [-0.4, -0.2) is 33.2 Å². The fourth-order valence-corrected chi connectivity index (χ4v) is 2.58. The van der Waals surface area contributed by atoms with Gasteiger partial charge in [0.05, 0.1) is 6.61 Å². The van der Waals surface area contributed by atoms with E-state index in [0.29, 0.717) is 5.56 Å². The summed E-state index contributed by atoms with van der Waals surface area (Å²) >= 11 is 0. The summed E-state index contributed by atoms with van der Waals surface area (Å²) in [6, 6.07) is 4.26. The van der Waals surface area contributed by atoms with Crippen LogP contribution in [0.4, 0.5) is 10.1 Å². The third-order valence-electron chi connectivity index (χ3n) is 4.01. The molecule has 0 aliphatic carbocycles. The number of halogens is 1. The fourth-order valence-electron chi connectivity index (χ4n) is 2.58. The molecule has 0 saturated heterocycles. The van der Waals surface area contributed by atoms with Crippen molar-refractivity contribution in [3.63, 3.8) is 0 Å². The average molecular weight is 388 g/mol. The highest BCUT2D eigenvalue weighted by Gasteiger charge is 2.24. The first-order chi connectivity index (χ1) is 13.3. The van der Waals surface area contributed by atoms with Gasteiger partial charge in [0.25, 0.3) is 11.3 Å². The van der Waals surface area contributed by atoms with Gasteiger partial charge in [0.15, 0.2) is 0 Å². The fraction of sp³-hybridized carbons (Fsp3) is 0.278. The average Bonchev–Trinajstić information content (AvgIpc) is 3.06. The zero-order valence-corrected chi connectivity index (χ0v) is 15.4. The Bertz CT molecular complexity index is 1130. The quantitative estimate of drug-likeness (QED) is 0.664. The number of hydrogen-bond acceptors (Lipinski definition) is 7. The van der Waals surface area contributed by atoms with Crippen LogP contribution in [0.25, 0.3) is 11.1 Å². The maximum atomic E-state index is 13.6. The Hall–Kier alpha value is -3.56. The van der Waals surface area contributed by atoms with E-state index < -0.39 is 29.8 Å². The number of carbonyl (C=O) groups is 2.